The molecule has 142 valence electrons. The molecule has 4 heteroatoms. The van der Waals surface area contributed by atoms with E-state index >= 15 is 0 Å². The van der Waals surface area contributed by atoms with Gasteiger partial charge in [0, 0.05) is 24.1 Å². The Labute approximate surface area is 167 Å². The number of ketones is 1. The summed E-state index contributed by atoms with van der Waals surface area (Å²) in [6.07, 6.45) is 3.62. The minimum absolute atomic E-state index is 0.151. The Morgan fingerprint density at radius 2 is 1.81 bits per heavy atom. The predicted molar refractivity (Wildman–Crippen MR) is 118 cm³/mol. The Kier molecular flexibility index (Phi) is 7.43. The molecule has 0 amide bonds. The van der Waals surface area contributed by atoms with E-state index in [-0.39, 0.29) is 5.78 Å². The highest BCUT2D eigenvalue weighted by Gasteiger charge is 2.12. The molecular weight excluding hydrogens is 352 g/mol. The van der Waals surface area contributed by atoms with E-state index in [2.05, 4.69) is 43.6 Å². The number of benzene rings is 2. The van der Waals surface area contributed by atoms with Crippen molar-refractivity contribution in [2.24, 2.45) is 4.99 Å². The molecule has 0 aliphatic carbocycles. The number of aryl methyl sites for hydroxylation is 4. The lowest BCUT2D eigenvalue weighted by molar-refractivity contribution is 0.102. The second-order valence-electron chi connectivity index (χ2n) is 6.88. The Morgan fingerprint density at radius 1 is 1.07 bits per heavy atom. The molecule has 0 aliphatic heterocycles. The molecule has 0 aliphatic rings. The first-order chi connectivity index (χ1) is 12.8. The van der Waals surface area contributed by atoms with Crippen LogP contribution in [0.2, 0.25) is 0 Å². The van der Waals surface area contributed by atoms with Crippen molar-refractivity contribution in [1.29, 1.82) is 0 Å². The summed E-state index contributed by atoms with van der Waals surface area (Å²) in [7, 11) is 1.95. The van der Waals surface area contributed by atoms with E-state index in [4.69, 9.17) is 0 Å². The van der Waals surface area contributed by atoms with Crippen LogP contribution in [0.15, 0.2) is 52.9 Å². The van der Waals surface area contributed by atoms with Crippen LogP contribution in [0.25, 0.3) is 0 Å². The number of likely N-dealkylation sites (N-methyl/N-ethyl adjacent to an activating group) is 1. The highest BCUT2D eigenvalue weighted by Crippen LogP contribution is 2.26. The third kappa shape index (κ3) is 5.83. The minimum Gasteiger partial charge on any atom is -0.362 e. The second-order valence-corrected chi connectivity index (χ2v) is 7.93. The number of nitrogens with zero attached hydrogens (tertiary/aromatic N) is 2. The first-order valence-corrected chi connectivity index (χ1v) is 10.00. The third-order valence-electron chi connectivity index (χ3n) is 4.50. The van der Waals surface area contributed by atoms with E-state index in [0.29, 0.717) is 5.75 Å². The zero-order valence-electron chi connectivity index (χ0n) is 16.9. The number of rotatable bonds is 8. The summed E-state index contributed by atoms with van der Waals surface area (Å²) in [5.41, 5.74) is 6.16. The first kappa shape index (κ1) is 21.0. The lowest BCUT2D eigenvalue weighted by Gasteiger charge is -2.12. The SMILES string of the molecule is C=CCN(C)/C=N/c1cc(C)c(C(=O)CSc2ccc(C)c(C)c2)cc1C. The maximum Gasteiger partial charge on any atom is 0.173 e. The van der Waals surface area contributed by atoms with E-state index in [1.54, 1.807) is 18.1 Å². The number of carbonyl (C=O) groups excluding carboxylic acids is 1. The molecule has 0 unspecified atom stereocenters. The van der Waals surface area contributed by atoms with Crippen LogP contribution in [0.4, 0.5) is 5.69 Å². The van der Waals surface area contributed by atoms with Gasteiger partial charge in [-0.15, -0.1) is 18.3 Å². The zero-order valence-corrected chi connectivity index (χ0v) is 17.7. The monoisotopic (exact) mass is 380 g/mol. The Bertz CT molecular complexity index is 871. The van der Waals surface area contributed by atoms with Gasteiger partial charge >= 0.3 is 0 Å². The van der Waals surface area contributed by atoms with Crippen LogP contribution in [0.3, 0.4) is 0 Å². The fourth-order valence-electron chi connectivity index (χ4n) is 2.68. The van der Waals surface area contributed by atoms with Gasteiger partial charge < -0.3 is 4.90 Å². The molecule has 0 saturated heterocycles. The molecule has 0 saturated carbocycles. The molecule has 0 radical (unpaired) electrons. The first-order valence-electron chi connectivity index (χ1n) is 9.01. The van der Waals surface area contributed by atoms with Crippen molar-refractivity contribution in [3.63, 3.8) is 0 Å². The summed E-state index contributed by atoms with van der Waals surface area (Å²) in [6, 6.07) is 10.3. The Hall–Kier alpha value is -2.33. The van der Waals surface area contributed by atoms with E-state index < -0.39 is 0 Å². The van der Waals surface area contributed by atoms with E-state index in [1.807, 2.05) is 44.0 Å². The normalized spacial score (nSPS) is 11.0. The number of Topliss-reactive ketones (excluding diaryl/α,β-unsaturated/α-hetero) is 1. The van der Waals surface area contributed by atoms with Gasteiger partial charge in [0.2, 0.25) is 0 Å². The van der Waals surface area contributed by atoms with Crippen molar-refractivity contribution in [2.75, 3.05) is 19.3 Å². The summed E-state index contributed by atoms with van der Waals surface area (Å²) in [5, 5.41) is 0. The molecule has 27 heavy (non-hydrogen) atoms. The number of hydrogen-bond donors (Lipinski definition) is 0. The van der Waals surface area contributed by atoms with Crippen LogP contribution in [-0.2, 0) is 0 Å². The number of hydrogen-bond acceptors (Lipinski definition) is 3. The smallest absolute Gasteiger partial charge is 0.173 e. The molecular formula is C23H28N2OS. The average molecular weight is 381 g/mol. The lowest BCUT2D eigenvalue weighted by atomic mass is 10.0. The van der Waals surface area contributed by atoms with Crippen molar-refractivity contribution in [1.82, 2.24) is 4.90 Å². The number of carbonyl (C=O) groups is 1. The molecule has 2 rings (SSSR count). The molecule has 2 aromatic carbocycles. The summed E-state index contributed by atoms with van der Waals surface area (Å²) in [4.78, 5) is 20.4. The van der Waals surface area contributed by atoms with Gasteiger partial charge in [-0.3, -0.25) is 4.79 Å². The quantitative estimate of drug-likeness (QED) is 0.194. The van der Waals surface area contributed by atoms with Crippen LogP contribution >= 0.6 is 11.8 Å². The zero-order chi connectivity index (χ0) is 20.0. The maximum atomic E-state index is 12.7. The summed E-state index contributed by atoms with van der Waals surface area (Å²) in [6.45, 7) is 12.6. The number of thioether (sulfide) groups is 1. The predicted octanol–water partition coefficient (Wildman–Crippen LogP) is 5.67. The van der Waals surface area contributed by atoms with Gasteiger partial charge in [-0.2, -0.15) is 0 Å². The number of aliphatic imine (C=N–C) groups is 1. The maximum absolute atomic E-state index is 12.7. The van der Waals surface area contributed by atoms with Gasteiger partial charge in [0.25, 0.3) is 0 Å². The van der Waals surface area contributed by atoms with E-state index in [0.717, 1.165) is 33.8 Å². The van der Waals surface area contributed by atoms with Crippen LogP contribution in [0.5, 0.6) is 0 Å². The van der Waals surface area contributed by atoms with E-state index in [1.165, 1.54) is 11.1 Å². The van der Waals surface area contributed by atoms with Crippen LogP contribution in [-0.4, -0.2) is 36.4 Å². The molecule has 0 aromatic heterocycles. The highest BCUT2D eigenvalue weighted by molar-refractivity contribution is 8.00. The average Bonchev–Trinajstić information content (AvgIpc) is 2.63. The van der Waals surface area contributed by atoms with Gasteiger partial charge in [0.15, 0.2) is 5.78 Å². The van der Waals surface area contributed by atoms with Gasteiger partial charge in [0.1, 0.15) is 0 Å². The topological polar surface area (TPSA) is 32.7 Å². The summed E-state index contributed by atoms with van der Waals surface area (Å²) < 4.78 is 0. The van der Waals surface area contributed by atoms with Gasteiger partial charge in [-0.25, -0.2) is 4.99 Å². The molecule has 0 atom stereocenters. The van der Waals surface area contributed by atoms with Gasteiger partial charge in [-0.1, -0.05) is 12.1 Å². The van der Waals surface area contributed by atoms with Crippen molar-refractivity contribution in [3.05, 3.63) is 70.8 Å². The van der Waals surface area contributed by atoms with Gasteiger partial charge in [0.05, 0.1) is 17.8 Å². The van der Waals surface area contributed by atoms with Crippen molar-refractivity contribution < 1.29 is 4.79 Å². The van der Waals surface area contributed by atoms with Gasteiger partial charge in [-0.05, 0) is 74.2 Å². The second kappa shape index (κ2) is 9.56. The van der Waals surface area contributed by atoms with Crippen molar-refractivity contribution in [2.45, 2.75) is 32.6 Å². The molecule has 0 fully saturated rings. The molecule has 0 N–H and O–H groups in total. The Balaban J connectivity index is 2.11. The molecule has 2 aromatic rings. The van der Waals surface area contributed by atoms with Crippen molar-refractivity contribution in [3.8, 4) is 0 Å². The molecule has 0 bridgehead atoms. The largest absolute Gasteiger partial charge is 0.362 e. The highest BCUT2D eigenvalue weighted by atomic mass is 32.2. The lowest BCUT2D eigenvalue weighted by Crippen LogP contribution is -2.15. The van der Waals surface area contributed by atoms with E-state index in [9.17, 15) is 4.79 Å². The van der Waals surface area contributed by atoms with Crippen LogP contribution < -0.4 is 0 Å². The fraction of sp³-hybridized carbons (Fsp3) is 0.304. The summed E-state index contributed by atoms with van der Waals surface area (Å²) in [5.74, 6) is 0.589. The minimum atomic E-state index is 0.151. The van der Waals surface area contributed by atoms with Crippen LogP contribution in [0.1, 0.15) is 32.6 Å². The third-order valence-corrected chi connectivity index (χ3v) is 5.50. The molecule has 0 spiro atoms. The van der Waals surface area contributed by atoms with Crippen LogP contribution in [0, 0.1) is 27.7 Å². The fourth-order valence-corrected chi connectivity index (χ4v) is 3.56. The Morgan fingerprint density at radius 3 is 2.48 bits per heavy atom. The molecule has 0 heterocycles. The standard InChI is InChI=1S/C23H28N2OS/c1-7-10-25(6)15-24-22-13-18(4)21(12-19(22)5)23(26)14-27-20-9-8-16(2)17(3)11-20/h7-9,11-13,15H,1,10,14H2,2-6H3/b24-15+. The summed E-state index contributed by atoms with van der Waals surface area (Å²) >= 11 is 1.59. The van der Waals surface area contributed by atoms with Crippen molar-refractivity contribution >= 4 is 29.6 Å². The molecule has 3 nitrogen and oxygen atoms in total.